The van der Waals surface area contributed by atoms with Crippen molar-refractivity contribution in [3.05, 3.63) is 60.2 Å². The number of ether oxygens (including phenoxy) is 1. The van der Waals surface area contributed by atoms with Crippen LogP contribution >= 0.6 is 0 Å². The summed E-state index contributed by atoms with van der Waals surface area (Å²) in [5.74, 6) is -0.143. The molecular formula is C24H35N3O4S. The number of aryl methyl sites for hydroxylation is 1. The van der Waals surface area contributed by atoms with E-state index in [4.69, 9.17) is 4.74 Å². The molecule has 0 atom stereocenters. The molecule has 0 aliphatic heterocycles. The standard InChI is InChI=1S/C24H35N3O4S/c1-20(2)26(3)32(29,30)23-14-12-22(13-15-23)25-24(28)19-27(17-18-31-4)16-8-11-21-9-6-5-7-10-21/h5-7,9-10,12-15,20H,8,11,16-19H2,1-4H3,(H,25,28). The Bertz CT molecular complexity index is 931. The molecule has 0 radical (unpaired) electrons. The van der Waals surface area contributed by atoms with E-state index >= 15 is 0 Å². The molecule has 2 aromatic carbocycles. The van der Waals surface area contributed by atoms with Crippen LogP contribution in [0.1, 0.15) is 25.8 Å². The van der Waals surface area contributed by atoms with Gasteiger partial charge in [-0.15, -0.1) is 0 Å². The number of hydrogen-bond donors (Lipinski definition) is 1. The summed E-state index contributed by atoms with van der Waals surface area (Å²) in [4.78, 5) is 14.8. The molecule has 8 heteroatoms. The third kappa shape index (κ3) is 8.02. The fourth-order valence-corrected chi connectivity index (χ4v) is 4.57. The normalized spacial score (nSPS) is 12.0. The predicted octanol–water partition coefficient (Wildman–Crippen LogP) is 3.24. The highest BCUT2D eigenvalue weighted by molar-refractivity contribution is 7.89. The second-order valence-corrected chi connectivity index (χ2v) is 10.0. The molecule has 0 unspecified atom stereocenters. The first-order valence-electron chi connectivity index (χ1n) is 10.9. The molecule has 1 amide bonds. The molecule has 0 heterocycles. The monoisotopic (exact) mass is 461 g/mol. The summed E-state index contributed by atoms with van der Waals surface area (Å²) >= 11 is 0. The molecule has 1 N–H and O–H groups in total. The van der Waals surface area contributed by atoms with E-state index in [9.17, 15) is 13.2 Å². The summed E-state index contributed by atoms with van der Waals surface area (Å²) in [5.41, 5.74) is 1.85. The molecule has 0 spiro atoms. The maximum absolute atomic E-state index is 12.6. The lowest BCUT2D eigenvalue weighted by atomic mass is 10.1. The summed E-state index contributed by atoms with van der Waals surface area (Å²) < 4.78 is 31.7. The van der Waals surface area contributed by atoms with E-state index in [1.54, 1.807) is 26.3 Å². The minimum absolute atomic E-state index is 0.139. The molecule has 32 heavy (non-hydrogen) atoms. The topological polar surface area (TPSA) is 79.0 Å². The molecule has 7 nitrogen and oxygen atoms in total. The van der Waals surface area contributed by atoms with Crippen molar-refractivity contribution >= 4 is 21.6 Å². The van der Waals surface area contributed by atoms with Crippen LogP contribution in [0.2, 0.25) is 0 Å². The fourth-order valence-electron chi connectivity index (χ4n) is 3.20. The number of sulfonamides is 1. The molecule has 2 aromatic rings. The minimum atomic E-state index is -3.55. The van der Waals surface area contributed by atoms with E-state index in [1.807, 2.05) is 32.0 Å². The second-order valence-electron chi connectivity index (χ2n) is 8.05. The van der Waals surface area contributed by atoms with Gasteiger partial charge in [-0.05, 0) is 63.1 Å². The average Bonchev–Trinajstić information content (AvgIpc) is 2.77. The zero-order chi connectivity index (χ0) is 23.6. The van der Waals surface area contributed by atoms with Crippen LogP contribution in [0.15, 0.2) is 59.5 Å². The highest BCUT2D eigenvalue weighted by atomic mass is 32.2. The lowest BCUT2D eigenvalue weighted by molar-refractivity contribution is -0.117. The van der Waals surface area contributed by atoms with Crippen molar-refractivity contribution in [1.82, 2.24) is 9.21 Å². The van der Waals surface area contributed by atoms with Crippen molar-refractivity contribution in [2.45, 2.75) is 37.6 Å². The Morgan fingerprint density at radius 1 is 1.03 bits per heavy atom. The molecule has 0 saturated heterocycles. The van der Waals surface area contributed by atoms with Crippen molar-refractivity contribution in [2.24, 2.45) is 0 Å². The van der Waals surface area contributed by atoms with Crippen molar-refractivity contribution in [2.75, 3.05) is 45.7 Å². The molecule has 0 saturated carbocycles. The Balaban J connectivity index is 1.92. The van der Waals surface area contributed by atoms with Gasteiger partial charge in [0.1, 0.15) is 0 Å². The zero-order valence-electron chi connectivity index (χ0n) is 19.5. The van der Waals surface area contributed by atoms with Gasteiger partial charge in [0, 0.05) is 32.4 Å². The number of benzene rings is 2. The van der Waals surface area contributed by atoms with Gasteiger partial charge >= 0.3 is 0 Å². The zero-order valence-corrected chi connectivity index (χ0v) is 20.3. The van der Waals surface area contributed by atoms with Crippen LogP contribution in [0.25, 0.3) is 0 Å². The van der Waals surface area contributed by atoms with Crippen LogP contribution in [-0.2, 0) is 26.0 Å². The summed E-state index contributed by atoms with van der Waals surface area (Å²) in [5, 5.41) is 2.86. The molecule has 0 aliphatic carbocycles. The molecule has 0 aliphatic rings. The number of amides is 1. The Labute approximate surface area is 192 Å². The maximum atomic E-state index is 12.6. The number of carbonyl (C=O) groups is 1. The predicted molar refractivity (Wildman–Crippen MR) is 128 cm³/mol. The van der Waals surface area contributed by atoms with Gasteiger partial charge in [0.15, 0.2) is 0 Å². The van der Waals surface area contributed by atoms with E-state index in [2.05, 4.69) is 22.3 Å². The van der Waals surface area contributed by atoms with Crippen LogP contribution in [0.4, 0.5) is 5.69 Å². The van der Waals surface area contributed by atoms with Gasteiger partial charge in [-0.2, -0.15) is 4.31 Å². The first kappa shape index (κ1) is 26.0. The Kier molecular flexibility index (Phi) is 10.3. The Morgan fingerprint density at radius 3 is 2.28 bits per heavy atom. The van der Waals surface area contributed by atoms with Gasteiger partial charge in [0.25, 0.3) is 0 Å². The van der Waals surface area contributed by atoms with Gasteiger partial charge < -0.3 is 10.1 Å². The van der Waals surface area contributed by atoms with Gasteiger partial charge in [0.05, 0.1) is 18.0 Å². The van der Waals surface area contributed by atoms with Gasteiger partial charge in [-0.3, -0.25) is 9.69 Å². The van der Waals surface area contributed by atoms with E-state index in [1.165, 1.54) is 22.0 Å². The second kappa shape index (κ2) is 12.7. The van der Waals surface area contributed by atoms with Gasteiger partial charge in [-0.1, -0.05) is 30.3 Å². The fraction of sp³-hybridized carbons (Fsp3) is 0.458. The molecular weight excluding hydrogens is 426 g/mol. The number of nitrogens with one attached hydrogen (secondary N) is 1. The number of nitrogens with zero attached hydrogens (tertiary/aromatic N) is 2. The van der Waals surface area contributed by atoms with Crippen LogP contribution in [0, 0.1) is 0 Å². The lowest BCUT2D eigenvalue weighted by Gasteiger charge is -2.22. The van der Waals surface area contributed by atoms with E-state index < -0.39 is 10.0 Å². The van der Waals surface area contributed by atoms with Crippen LogP contribution < -0.4 is 5.32 Å². The average molecular weight is 462 g/mol. The minimum Gasteiger partial charge on any atom is -0.383 e. The summed E-state index contributed by atoms with van der Waals surface area (Å²) in [7, 11) is -0.342. The van der Waals surface area contributed by atoms with Crippen LogP contribution in [-0.4, -0.2) is 70.0 Å². The quantitative estimate of drug-likeness (QED) is 0.495. The summed E-state index contributed by atoms with van der Waals surface area (Å²) in [6.45, 7) is 5.88. The SMILES string of the molecule is COCCN(CCCc1ccccc1)CC(=O)Nc1ccc(S(=O)(=O)N(C)C(C)C)cc1. The third-order valence-corrected chi connectivity index (χ3v) is 7.35. The van der Waals surface area contributed by atoms with Gasteiger partial charge in [0.2, 0.25) is 15.9 Å². The molecule has 0 aromatic heterocycles. The largest absolute Gasteiger partial charge is 0.383 e. The molecule has 0 fully saturated rings. The van der Waals surface area contributed by atoms with Crippen molar-refractivity contribution in [3.8, 4) is 0 Å². The van der Waals surface area contributed by atoms with E-state index in [0.29, 0.717) is 18.8 Å². The smallest absolute Gasteiger partial charge is 0.243 e. The maximum Gasteiger partial charge on any atom is 0.243 e. The van der Waals surface area contributed by atoms with Crippen molar-refractivity contribution in [3.63, 3.8) is 0 Å². The number of methoxy groups -OCH3 is 1. The van der Waals surface area contributed by atoms with Gasteiger partial charge in [-0.25, -0.2) is 8.42 Å². The Hall–Kier alpha value is -2.26. The number of carbonyl (C=O) groups excluding carboxylic acids is 1. The van der Waals surface area contributed by atoms with Crippen molar-refractivity contribution in [1.29, 1.82) is 0 Å². The summed E-state index contributed by atoms with van der Waals surface area (Å²) in [6, 6.07) is 16.4. The molecule has 176 valence electrons. The first-order valence-corrected chi connectivity index (χ1v) is 12.3. The van der Waals surface area contributed by atoms with Crippen LogP contribution in [0.3, 0.4) is 0 Å². The number of rotatable bonds is 13. The lowest BCUT2D eigenvalue weighted by Crippen LogP contribution is -2.36. The van der Waals surface area contributed by atoms with E-state index in [-0.39, 0.29) is 23.4 Å². The highest BCUT2D eigenvalue weighted by Gasteiger charge is 2.23. The molecule has 2 rings (SSSR count). The third-order valence-electron chi connectivity index (χ3n) is 5.30. The van der Waals surface area contributed by atoms with Crippen LogP contribution in [0.5, 0.6) is 0 Å². The Morgan fingerprint density at radius 2 is 1.69 bits per heavy atom. The first-order chi connectivity index (χ1) is 15.2. The van der Waals surface area contributed by atoms with Crippen molar-refractivity contribution < 1.29 is 17.9 Å². The summed E-state index contributed by atoms with van der Waals surface area (Å²) in [6.07, 6.45) is 1.89. The molecule has 0 bridgehead atoms. The van der Waals surface area contributed by atoms with E-state index in [0.717, 1.165) is 19.4 Å². The number of anilines is 1. The highest BCUT2D eigenvalue weighted by Crippen LogP contribution is 2.19. The number of hydrogen-bond acceptors (Lipinski definition) is 5.